The summed E-state index contributed by atoms with van der Waals surface area (Å²) in [6.45, 7) is 2.23. The molecule has 0 fully saturated rings. The minimum atomic E-state index is 0.423. The Morgan fingerprint density at radius 3 is 2.05 bits per heavy atom. The van der Waals surface area contributed by atoms with Crippen molar-refractivity contribution < 1.29 is 0 Å². The molecule has 0 saturated heterocycles. The maximum absolute atomic E-state index is 2.40. The Bertz CT molecular complexity index is 603. The zero-order valence-corrected chi connectivity index (χ0v) is 11.2. The first-order chi connectivity index (χ1) is 9.38. The van der Waals surface area contributed by atoms with Crippen molar-refractivity contribution in [3.05, 3.63) is 89.5 Å². The smallest absolute Gasteiger partial charge is 0.0213 e. The molecule has 1 aliphatic rings. The van der Waals surface area contributed by atoms with Gasteiger partial charge in [0.25, 0.3) is 0 Å². The van der Waals surface area contributed by atoms with Crippen LogP contribution < -0.4 is 0 Å². The minimum absolute atomic E-state index is 0.423. The van der Waals surface area contributed by atoms with Crippen LogP contribution in [0, 0.1) is 0 Å². The molecule has 0 aromatic heterocycles. The zero-order valence-electron chi connectivity index (χ0n) is 11.2. The maximum atomic E-state index is 2.40. The molecular weight excluding hydrogens is 228 g/mol. The molecule has 0 amide bonds. The third-order valence-corrected chi connectivity index (χ3v) is 3.72. The third kappa shape index (κ3) is 2.39. The fourth-order valence-electron chi connectivity index (χ4n) is 2.72. The lowest BCUT2D eigenvalue weighted by Crippen LogP contribution is -1.87. The largest absolute Gasteiger partial charge is 0.0694 e. The van der Waals surface area contributed by atoms with Gasteiger partial charge in [-0.15, -0.1) is 0 Å². The van der Waals surface area contributed by atoms with Crippen LogP contribution in [0.5, 0.6) is 0 Å². The van der Waals surface area contributed by atoms with E-state index in [-0.39, 0.29) is 0 Å². The van der Waals surface area contributed by atoms with Crippen LogP contribution in [0.3, 0.4) is 0 Å². The van der Waals surface area contributed by atoms with E-state index in [1.54, 1.807) is 0 Å². The van der Waals surface area contributed by atoms with E-state index < -0.39 is 0 Å². The van der Waals surface area contributed by atoms with Gasteiger partial charge in [0.2, 0.25) is 0 Å². The van der Waals surface area contributed by atoms with E-state index in [1.165, 1.54) is 22.3 Å². The second-order valence-electron chi connectivity index (χ2n) is 4.93. The summed E-state index contributed by atoms with van der Waals surface area (Å²) in [5.41, 5.74) is 5.56. The summed E-state index contributed by atoms with van der Waals surface area (Å²) in [7, 11) is 0. The fraction of sp³-hybridized carbons (Fsp3) is 0.158. The predicted molar refractivity (Wildman–Crippen MR) is 82.0 cm³/mol. The first-order valence-corrected chi connectivity index (χ1v) is 6.91. The Kier molecular flexibility index (Phi) is 3.33. The summed E-state index contributed by atoms with van der Waals surface area (Å²) in [6, 6.07) is 21.4. The molecule has 0 bridgehead atoms. The first kappa shape index (κ1) is 12.0. The Labute approximate surface area is 115 Å². The van der Waals surface area contributed by atoms with Crippen molar-refractivity contribution in [1.29, 1.82) is 0 Å². The normalized spacial score (nSPS) is 18.1. The Morgan fingerprint density at radius 1 is 0.789 bits per heavy atom. The molecule has 19 heavy (non-hydrogen) atoms. The van der Waals surface area contributed by atoms with Crippen molar-refractivity contribution in [1.82, 2.24) is 0 Å². The molecule has 0 aliphatic heterocycles. The van der Waals surface area contributed by atoms with Gasteiger partial charge in [-0.2, -0.15) is 0 Å². The minimum Gasteiger partial charge on any atom is -0.0694 e. The lowest BCUT2D eigenvalue weighted by Gasteiger charge is -2.06. The van der Waals surface area contributed by atoms with E-state index in [0.29, 0.717) is 5.92 Å². The van der Waals surface area contributed by atoms with Gasteiger partial charge < -0.3 is 0 Å². The highest BCUT2D eigenvalue weighted by atomic mass is 14.2. The quantitative estimate of drug-likeness (QED) is 0.698. The summed E-state index contributed by atoms with van der Waals surface area (Å²) in [5.74, 6) is 0.423. The van der Waals surface area contributed by atoms with E-state index in [1.807, 2.05) is 0 Å². The number of allylic oxidation sites excluding steroid dienone is 4. The van der Waals surface area contributed by atoms with Gasteiger partial charge in [-0.1, -0.05) is 79.7 Å². The standard InChI is InChI=1S/C19H18/c1-2-15-13-18(16-9-5-3-6-10-16)14-19(15)17-11-7-4-8-12-17/h3-14,18H,2H2,1H3. The summed E-state index contributed by atoms with van der Waals surface area (Å²) in [6.07, 6.45) is 5.88. The van der Waals surface area contributed by atoms with Crippen LogP contribution in [0.25, 0.3) is 5.57 Å². The van der Waals surface area contributed by atoms with Gasteiger partial charge in [0.1, 0.15) is 0 Å². The van der Waals surface area contributed by atoms with Crippen molar-refractivity contribution >= 4 is 5.57 Å². The zero-order chi connectivity index (χ0) is 13.1. The number of benzene rings is 2. The first-order valence-electron chi connectivity index (χ1n) is 6.91. The fourth-order valence-corrected chi connectivity index (χ4v) is 2.72. The average Bonchev–Trinajstić information content (AvgIpc) is 2.93. The molecule has 3 rings (SSSR count). The van der Waals surface area contributed by atoms with Crippen molar-refractivity contribution in [2.45, 2.75) is 19.3 Å². The van der Waals surface area contributed by atoms with Gasteiger partial charge in [-0.05, 0) is 28.7 Å². The van der Waals surface area contributed by atoms with Crippen LogP contribution in [0.1, 0.15) is 30.4 Å². The van der Waals surface area contributed by atoms with Gasteiger partial charge in [0, 0.05) is 5.92 Å². The Morgan fingerprint density at radius 2 is 1.42 bits per heavy atom. The summed E-state index contributed by atoms with van der Waals surface area (Å²) >= 11 is 0. The lowest BCUT2D eigenvalue weighted by molar-refractivity contribution is 1.08. The molecule has 1 unspecified atom stereocenters. The highest BCUT2D eigenvalue weighted by Gasteiger charge is 2.18. The summed E-state index contributed by atoms with van der Waals surface area (Å²) in [5, 5.41) is 0. The maximum Gasteiger partial charge on any atom is 0.0213 e. The van der Waals surface area contributed by atoms with Crippen LogP contribution in [0.2, 0.25) is 0 Å². The molecule has 94 valence electrons. The molecule has 0 saturated carbocycles. The van der Waals surface area contributed by atoms with Gasteiger partial charge in [0.05, 0.1) is 0 Å². The molecular formula is C19H18. The third-order valence-electron chi connectivity index (χ3n) is 3.72. The molecule has 2 aromatic rings. The SMILES string of the molecule is CCC1=CC(c2ccccc2)C=C1c1ccccc1. The van der Waals surface area contributed by atoms with Gasteiger partial charge in [-0.3, -0.25) is 0 Å². The topological polar surface area (TPSA) is 0 Å². The molecule has 1 aliphatic carbocycles. The highest BCUT2D eigenvalue weighted by molar-refractivity contribution is 5.83. The van der Waals surface area contributed by atoms with Crippen molar-refractivity contribution in [2.75, 3.05) is 0 Å². The van der Waals surface area contributed by atoms with Crippen molar-refractivity contribution in [3.63, 3.8) is 0 Å². The highest BCUT2D eigenvalue weighted by Crippen LogP contribution is 2.38. The van der Waals surface area contributed by atoms with Gasteiger partial charge in [0.15, 0.2) is 0 Å². The molecule has 0 heteroatoms. The Hall–Kier alpha value is -2.08. The predicted octanol–water partition coefficient (Wildman–Crippen LogP) is 5.20. The van der Waals surface area contributed by atoms with E-state index in [4.69, 9.17) is 0 Å². The monoisotopic (exact) mass is 246 g/mol. The molecule has 1 atom stereocenters. The van der Waals surface area contributed by atoms with Crippen LogP contribution in [0.4, 0.5) is 0 Å². The van der Waals surface area contributed by atoms with Gasteiger partial charge >= 0.3 is 0 Å². The molecule has 2 aromatic carbocycles. The van der Waals surface area contributed by atoms with E-state index >= 15 is 0 Å². The van der Waals surface area contributed by atoms with Crippen LogP contribution in [-0.4, -0.2) is 0 Å². The molecule has 0 spiro atoms. The second-order valence-corrected chi connectivity index (χ2v) is 4.93. The van der Waals surface area contributed by atoms with Crippen molar-refractivity contribution in [2.24, 2.45) is 0 Å². The molecule has 0 radical (unpaired) electrons. The van der Waals surface area contributed by atoms with Crippen LogP contribution in [0.15, 0.2) is 78.4 Å². The molecule has 0 nitrogen and oxygen atoms in total. The second kappa shape index (κ2) is 5.27. The molecule has 0 heterocycles. The molecule has 0 N–H and O–H groups in total. The lowest BCUT2D eigenvalue weighted by atomic mass is 9.99. The number of rotatable bonds is 3. The number of hydrogen-bond acceptors (Lipinski definition) is 0. The van der Waals surface area contributed by atoms with E-state index in [0.717, 1.165) is 6.42 Å². The average molecular weight is 246 g/mol. The van der Waals surface area contributed by atoms with Crippen LogP contribution in [-0.2, 0) is 0 Å². The van der Waals surface area contributed by atoms with E-state index in [2.05, 4.69) is 79.7 Å². The van der Waals surface area contributed by atoms with E-state index in [9.17, 15) is 0 Å². The Balaban J connectivity index is 1.99. The summed E-state index contributed by atoms with van der Waals surface area (Å²) < 4.78 is 0. The van der Waals surface area contributed by atoms with Crippen LogP contribution >= 0.6 is 0 Å². The number of hydrogen-bond donors (Lipinski definition) is 0. The van der Waals surface area contributed by atoms with Crippen molar-refractivity contribution in [3.8, 4) is 0 Å². The summed E-state index contributed by atoms with van der Waals surface area (Å²) in [4.78, 5) is 0. The van der Waals surface area contributed by atoms with Gasteiger partial charge in [-0.25, -0.2) is 0 Å².